The van der Waals surface area contributed by atoms with Crippen LogP contribution in [-0.2, 0) is 13.6 Å². The highest BCUT2D eigenvalue weighted by Crippen LogP contribution is 2.25. The fraction of sp³-hybridized carbons (Fsp3) is 0.462. The first kappa shape index (κ1) is 13.5. The molecule has 2 aromatic rings. The molecule has 6 heteroatoms. The van der Waals surface area contributed by atoms with Gasteiger partial charge >= 0.3 is 6.01 Å². The summed E-state index contributed by atoms with van der Waals surface area (Å²) in [4.78, 5) is 8.60. The van der Waals surface area contributed by atoms with Crippen molar-refractivity contribution in [3.05, 3.63) is 28.8 Å². The lowest BCUT2D eigenvalue weighted by atomic mass is 10.2. The van der Waals surface area contributed by atoms with Gasteiger partial charge in [-0.25, -0.2) is 4.98 Å². The topological polar surface area (TPSA) is 64.9 Å². The van der Waals surface area contributed by atoms with E-state index in [2.05, 4.69) is 20.4 Å². The maximum absolute atomic E-state index is 5.75. The third-order valence-corrected chi connectivity index (χ3v) is 3.06. The van der Waals surface area contributed by atoms with Gasteiger partial charge in [-0.3, -0.25) is 4.68 Å². The van der Waals surface area contributed by atoms with Crippen molar-refractivity contribution in [2.24, 2.45) is 7.05 Å². The predicted octanol–water partition coefficient (Wildman–Crippen LogP) is 1.65. The average molecular weight is 261 g/mol. The molecular weight excluding hydrogens is 242 g/mol. The third-order valence-electron chi connectivity index (χ3n) is 3.06. The number of nitrogens with one attached hydrogen (secondary N) is 1. The van der Waals surface area contributed by atoms with Gasteiger partial charge in [-0.2, -0.15) is 10.1 Å². The lowest BCUT2D eigenvalue weighted by Gasteiger charge is -2.07. The Labute approximate surface area is 112 Å². The summed E-state index contributed by atoms with van der Waals surface area (Å²) in [5.74, 6) is 0.725. The maximum Gasteiger partial charge on any atom is 0.322 e. The molecule has 2 heterocycles. The Morgan fingerprint density at radius 1 is 1.26 bits per heavy atom. The number of nitrogens with zero attached hydrogens (tertiary/aromatic N) is 4. The van der Waals surface area contributed by atoms with Gasteiger partial charge in [-0.1, -0.05) is 0 Å². The fourth-order valence-corrected chi connectivity index (χ4v) is 1.88. The van der Waals surface area contributed by atoms with Crippen LogP contribution in [0.15, 0.2) is 6.20 Å². The molecule has 0 unspecified atom stereocenters. The zero-order valence-electron chi connectivity index (χ0n) is 12.0. The Kier molecular flexibility index (Phi) is 3.80. The number of aryl methyl sites for hydroxylation is 3. The van der Waals surface area contributed by atoms with Gasteiger partial charge in [0.05, 0.1) is 5.69 Å². The van der Waals surface area contributed by atoms with Crippen LogP contribution in [0.25, 0.3) is 0 Å². The van der Waals surface area contributed by atoms with Gasteiger partial charge in [0.1, 0.15) is 5.69 Å². The molecule has 0 aliphatic heterocycles. The van der Waals surface area contributed by atoms with E-state index in [-0.39, 0.29) is 0 Å². The second-order valence-corrected chi connectivity index (χ2v) is 4.52. The van der Waals surface area contributed by atoms with Crippen LogP contribution in [0.5, 0.6) is 11.8 Å². The molecule has 0 aliphatic carbocycles. The Hall–Kier alpha value is -1.95. The summed E-state index contributed by atoms with van der Waals surface area (Å²) in [5.41, 5.74) is 3.77. The first-order chi connectivity index (χ1) is 9.02. The number of rotatable bonds is 4. The van der Waals surface area contributed by atoms with Gasteiger partial charge < -0.3 is 10.1 Å². The normalized spacial score (nSPS) is 10.8. The smallest absolute Gasteiger partial charge is 0.322 e. The first-order valence-electron chi connectivity index (χ1n) is 6.18. The van der Waals surface area contributed by atoms with Crippen molar-refractivity contribution in [3.63, 3.8) is 0 Å². The number of aromatic nitrogens is 4. The minimum absolute atomic E-state index is 0.358. The standard InChI is InChI=1S/C13H19N5O/c1-8-11(6-14-4)7-15-13(16-8)19-12-9(2)17-18(5)10(12)3/h7,14H,6H2,1-5H3. The highest BCUT2D eigenvalue weighted by molar-refractivity contribution is 5.34. The van der Waals surface area contributed by atoms with Gasteiger partial charge in [0.2, 0.25) is 0 Å². The quantitative estimate of drug-likeness (QED) is 0.906. The van der Waals surface area contributed by atoms with Crippen molar-refractivity contribution in [2.75, 3.05) is 7.05 Å². The molecule has 2 rings (SSSR count). The molecule has 0 atom stereocenters. The monoisotopic (exact) mass is 261 g/mol. The van der Waals surface area contributed by atoms with E-state index in [1.807, 2.05) is 34.9 Å². The first-order valence-corrected chi connectivity index (χ1v) is 6.18. The number of hydrogen-bond donors (Lipinski definition) is 1. The SMILES string of the molecule is CNCc1cnc(Oc2c(C)nn(C)c2C)nc1C. The van der Waals surface area contributed by atoms with Crippen LogP contribution < -0.4 is 10.1 Å². The summed E-state index contributed by atoms with van der Waals surface area (Å²) >= 11 is 0. The van der Waals surface area contributed by atoms with Gasteiger partial charge in [0.15, 0.2) is 5.75 Å². The molecule has 1 N–H and O–H groups in total. The molecular formula is C13H19N5O. The highest BCUT2D eigenvalue weighted by atomic mass is 16.5. The van der Waals surface area contributed by atoms with Gasteiger partial charge in [-0.05, 0) is 27.8 Å². The summed E-state index contributed by atoms with van der Waals surface area (Å²) in [7, 11) is 3.78. The van der Waals surface area contributed by atoms with E-state index < -0.39 is 0 Å². The Morgan fingerprint density at radius 2 is 2.00 bits per heavy atom. The number of ether oxygens (including phenoxy) is 1. The van der Waals surface area contributed by atoms with Crippen molar-refractivity contribution in [3.8, 4) is 11.8 Å². The van der Waals surface area contributed by atoms with Gasteiger partial charge in [-0.15, -0.1) is 0 Å². The van der Waals surface area contributed by atoms with E-state index in [1.54, 1.807) is 10.9 Å². The van der Waals surface area contributed by atoms with Crippen molar-refractivity contribution in [1.29, 1.82) is 0 Å². The summed E-state index contributed by atoms with van der Waals surface area (Å²) < 4.78 is 7.53. The van der Waals surface area contributed by atoms with E-state index in [0.717, 1.165) is 34.9 Å². The molecule has 0 spiro atoms. The van der Waals surface area contributed by atoms with Crippen molar-refractivity contribution >= 4 is 0 Å². The van der Waals surface area contributed by atoms with Crippen molar-refractivity contribution < 1.29 is 4.74 Å². The van der Waals surface area contributed by atoms with Crippen LogP contribution >= 0.6 is 0 Å². The molecule has 0 fully saturated rings. The Morgan fingerprint density at radius 3 is 2.53 bits per heavy atom. The Bertz CT molecular complexity index is 591. The average Bonchev–Trinajstić information content (AvgIpc) is 2.60. The minimum Gasteiger partial charge on any atom is -0.420 e. The van der Waals surface area contributed by atoms with Crippen LogP contribution in [-0.4, -0.2) is 26.8 Å². The van der Waals surface area contributed by atoms with E-state index in [4.69, 9.17) is 4.74 Å². The molecule has 0 aromatic carbocycles. The molecule has 0 saturated carbocycles. The summed E-state index contributed by atoms with van der Waals surface area (Å²) in [5, 5.41) is 7.38. The summed E-state index contributed by atoms with van der Waals surface area (Å²) in [6.07, 6.45) is 1.79. The maximum atomic E-state index is 5.75. The van der Waals surface area contributed by atoms with Crippen LogP contribution in [0.3, 0.4) is 0 Å². The molecule has 0 amide bonds. The van der Waals surface area contributed by atoms with Gasteiger partial charge in [0.25, 0.3) is 0 Å². The Balaban J connectivity index is 2.26. The molecule has 0 bridgehead atoms. The second kappa shape index (κ2) is 5.36. The second-order valence-electron chi connectivity index (χ2n) is 4.52. The zero-order chi connectivity index (χ0) is 14.0. The fourth-order valence-electron chi connectivity index (χ4n) is 1.88. The third kappa shape index (κ3) is 2.73. The summed E-state index contributed by atoms with van der Waals surface area (Å²) in [6.45, 7) is 6.56. The minimum atomic E-state index is 0.358. The van der Waals surface area contributed by atoms with E-state index in [9.17, 15) is 0 Å². The van der Waals surface area contributed by atoms with E-state index in [1.165, 1.54) is 0 Å². The molecule has 0 radical (unpaired) electrons. The summed E-state index contributed by atoms with van der Waals surface area (Å²) in [6, 6.07) is 0.358. The molecule has 102 valence electrons. The molecule has 6 nitrogen and oxygen atoms in total. The largest absolute Gasteiger partial charge is 0.420 e. The van der Waals surface area contributed by atoms with E-state index in [0.29, 0.717) is 6.01 Å². The van der Waals surface area contributed by atoms with Crippen LogP contribution in [0.2, 0.25) is 0 Å². The predicted molar refractivity (Wildman–Crippen MR) is 72.3 cm³/mol. The van der Waals surface area contributed by atoms with Crippen LogP contribution in [0.4, 0.5) is 0 Å². The van der Waals surface area contributed by atoms with Crippen LogP contribution in [0.1, 0.15) is 22.6 Å². The molecule has 19 heavy (non-hydrogen) atoms. The molecule has 2 aromatic heterocycles. The van der Waals surface area contributed by atoms with Gasteiger partial charge in [0, 0.05) is 31.0 Å². The highest BCUT2D eigenvalue weighted by Gasteiger charge is 2.13. The van der Waals surface area contributed by atoms with Crippen LogP contribution in [0, 0.1) is 20.8 Å². The molecule has 0 saturated heterocycles. The number of hydrogen-bond acceptors (Lipinski definition) is 5. The molecule has 0 aliphatic rings. The van der Waals surface area contributed by atoms with E-state index >= 15 is 0 Å². The van der Waals surface area contributed by atoms with Crippen molar-refractivity contribution in [1.82, 2.24) is 25.1 Å². The lowest BCUT2D eigenvalue weighted by Crippen LogP contribution is -2.08. The van der Waals surface area contributed by atoms with Crippen molar-refractivity contribution in [2.45, 2.75) is 27.3 Å². The zero-order valence-corrected chi connectivity index (χ0v) is 12.0. The lowest BCUT2D eigenvalue weighted by molar-refractivity contribution is 0.432.